The number of methoxy groups -OCH3 is 1. The van der Waals surface area contributed by atoms with Crippen LogP contribution in [0.5, 0.6) is 11.5 Å². The van der Waals surface area contributed by atoms with E-state index in [-0.39, 0.29) is 6.10 Å². The van der Waals surface area contributed by atoms with Gasteiger partial charge < -0.3 is 14.8 Å². The lowest BCUT2D eigenvalue weighted by atomic mass is 10.2. The topological polar surface area (TPSA) is 30.5 Å². The molecule has 0 atom stereocenters. The van der Waals surface area contributed by atoms with Crippen molar-refractivity contribution in [3.8, 4) is 11.5 Å². The summed E-state index contributed by atoms with van der Waals surface area (Å²) in [6.45, 7) is 4.45. The first-order valence-electron chi connectivity index (χ1n) is 7.12. The Bertz CT molecular complexity index is 690. The molecular formula is C17H18Cl3NO2. The van der Waals surface area contributed by atoms with Crippen LogP contribution >= 0.6 is 34.8 Å². The summed E-state index contributed by atoms with van der Waals surface area (Å²) in [7, 11) is 1.59. The van der Waals surface area contributed by atoms with Crippen LogP contribution in [0, 0.1) is 0 Å². The first-order chi connectivity index (χ1) is 10.9. The third-order valence-corrected chi connectivity index (χ3v) is 4.08. The lowest BCUT2D eigenvalue weighted by Gasteiger charge is -2.17. The van der Waals surface area contributed by atoms with Gasteiger partial charge in [-0.2, -0.15) is 0 Å². The summed E-state index contributed by atoms with van der Waals surface area (Å²) < 4.78 is 11.1. The molecule has 0 spiro atoms. The molecule has 0 aliphatic carbocycles. The highest BCUT2D eigenvalue weighted by Gasteiger charge is 2.13. The number of ether oxygens (including phenoxy) is 2. The normalized spacial score (nSPS) is 10.7. The highest BCUT2D eigenvalue weighted by Crippen LogP contribution is 2.37. The van der Waals surface area contributed by atoms with Crippen molar-refractivity contribution in [3.63, 3.8) is 0 Å². The molecule has 0 saturated carbocycles. The van der Waals surface area contributed by atoms with Crippen molar-refractivity contribution in [1.82, 2.24) is 0 Å². The van der Waals surface area contributed by atoms with Gasteiger partial charge in [0.25, 0.3) is 0 Å². The van der Waals surface area contributed by atoms with E-state index in [2.05, 4.69) is 5.32 Å². The average molecular weight is 375 g/mol. The van der Waals surface area contributed by atoms with Crippen LogP contribution in [0.25, 0.3) is 0 Å². The van der Waals surface area contributed by atoms with E-state index < -0.39 is 0 Å². The third kappa shape index (κ3) is 4.84. The van der Waals surface area contributed by atoms with Crippen LogP contribution < -0.4 is 14.8 Å². The van der Waals surface area contributed by atoms with E-state index in [1.165, 1.54) is 0 Å². The van der Waals surface area contributed by atoms with Crippen molar-refractivity contribution in [2.75, 3.05) is 12.4 Å². The lowest BCUT2D eigenvalue weighted by molar-refractivity contribution is 0.230. The predicted molar refractivity (Wildman–Crippen MR) is 97.6 cm³/mol. The number of nitrogens with one attached hydrogen (secondary N) is 1. The van der Waals surface area contributed by atoms with Crippen molar-refractivity contribution < 1.29 is 9.47 Å². The van der Waals surface area contributed by atoms with Gasteiger partial charge in [-0.05, 0) is 49.7 Å². The smallest absolute Gasteiger partial charge is 0.180 e. The molecular weight excluding hydrogens is 357 g/mol. The Kier molecular flexibility index (Phi) is 6.28. The standard InChI is InChI=1S/C17H18Cl3NO2/c1-10(2)23-17-15(20)6-11(7-16(17)22-3)9-21-12-4-5-13(18)14(19)8-12/h4-8,10,21H,9H2,1-3H3. The molecule has 0 unspecified atom stereocenters. The summed E-state index contributed by atoms with van der Waals surface area (Å²) in [5.41, 5.74) is 1.84. The number of benzene rings is 2. The minimum absolute atomic E-state index is 0.0154. The highest BCUT2D eigenvalue weighted by atomic mass is 35.5. The molecule has 0 aliphatic heterocycles. The fraction of sp³-hybridized carbons (Fsp3) is 0.294. The van der Waals surface area contributed by atoms with E-state index in [1.54, 1.807) is 19.2 Å². The maximum absolute atomic E-state index is 6.31. The van der Waals surface area contributed by atoms with Gasteiger partial charge in [0.15, 0.2) is 11.5 Å². The van der Waals surface area contributed by atoms with E-state index in [4.69, 9.17) is 44.3 Å². The van der Waals surface area contributed by atoms with E-state index in [0.717, 1.165) is 11.3 Å². The molecule has 23 heavy (non-hydrogen) atoms. The lowest BCUT2D eigenvalue weighted by Crippen LogP contribution is -2.08. The zero-order chi connectivity index (χ0) is 17.0. The molecule has 124 valence electrons. The van der Waals surface area contributed by atoms with E-state index in [0.29, 0.717) is 33.1 Å². The molecule has 0 aliphatic rings. The van der Waals surface area contributed by atoms with Gasteiger partial charge >= 0.3 is 0 Å². The summed E-state index contributed by atoms with van der Waals surface area (Å²) in [5, 5.41) is 4.82. The van der Waals surface area contributed by atoms with Crippen LogP contribution in [0.15, 0.2) is 30.3 Å². The van der Waals surface area contributed by atoms with Crippen LogP contribution in [0.4, 0.5) is 5.69 Å². The fourth-order valence-corrected chi connectivity index (χ4v) is 2.61. The van der Waals surface area contributed by atoms with Crippen molar-refractivity contribution in [1.29, 1.82) is 0 Å². The number of rotatable bonds is 6. The highest BCUT2D eigenvalue weighted by molar-refractivity contribution is 6.42. The molecule has 0 bridgehead atoms. The summed E-state index contributed by atoms with van der Waals surface area (Å²) >= 11 is 18.2. The average Bonchev–Trinajstić information content (AvgIpc) is 2.50. The molecule has 3 nitrogen and oxygen atoms in total. The molecule has 2 aromatic carbocycles. The molecule has 2 rings (SSSR count). The van der Waals surface area contributed by atoms with Crippen LogP contribution in [-0.2, 0) is 6.54 Å². The van der Waals surface area contributed by atoms with Crippen LogP contribution in [0.3, 0.4) is 0 Å². The maximum atomic E-state index is 6.31. The Morgan fingerprint density at radius 1 is 1.00 bits per heavy atom. The maximum Gasteiger partial charge on any atom is 0.180 e. The second-order valence-electron chi connectivity index (χ2n) is 5.26. The second-order valence-corrected chi connectivity index (χ2v) is 6.48. The number of hydrogen-bond acceptors (Lipinski definition) is 3. The van der Waals surface area contributed by atoms with Crippen molar-refractivity contribution in [2.24, 2.45) is 0 Å². The van der Waals surface area contributed by atoms with E-state index in [9.17, 15) is 0 Å². The summed E-state index contributed by atoms with van der Waals surface area (Å²) in [5.74, 6) is 1.17. The Balaban J connectivity index is 2.16. The van der Waals surface area contributed by atoms with Gasteiger partial charge in [-0.3, -0.25) is 0 Å². The predicted octanol–water partition coefficient (Wildman–Crippen LogP) is 6.05. The second kappa shape index (κ2) is 8.00. The van der Waals surface area contributed by atoms with Gasteiger partial charge in [0, 0.05) is 12.2 Å². The zero-order valence-corrected chi connectivity index (χ0v) is 15.4. The number of halogens is 3. The van der Waals surface area contributed by atoms with Crippen molar-refractivity contribution >= 4 is 40.5 Å². The largest absolute Gasteiger partial charge is 0.493 e. The third-order valence-electron chi connectivity index (χ3n) is 3.06. The quantitative estimate of drug-likeness (QED) is 0.667. The summed E-state index contributed by atoms with van der Waals surface area (Å²) in [4.78, 5) is 0. The Labute approximate surface area is 151 Å². The molecule has 0 heterocycles. The van der Waals surface area contributed by atoms with E-state index >= 15 is 0 Å². The number of hydrogen-bond donors (Lipinski definition) is 1. The zero-order valence-electron chi connectivity index (χ0n) is 13.1. The Hall–Kier alpha value is -1.29. The Morgan fingerprint density at radius 2 is 1.74 bits per heavy atom. The molecule has 0 amide bonds. The number of anilines is 1. The van der Waals surface area contributed by atoms with E-state index in [1.807, 2.05) is 32.0 Å². The molecule has 0 saturated heterocycles. The first-order valence-corrected chi connectivity index (χ1v) is 8.26. The van der Waals surface area contributed by atoms with Crippen molar-refractivity contribution in [2.45, 2.75) is 26.5 Å². The molecule has 1 N–H and O–H groups in total. The fourth-order valence-electron chi connectivity index (χ4n) is 2.04. The molecule has 0 radical (unpaired) electrons. The SMILES string of the molecule is COc1cc(CNc2ccc(Cl)c(Cl)c2)cc(Cl)c1OC(C)C. The van der Waals surface area contributed by atoms with Gasteiger partial charge in [0.1, 0.15) is 0 Å². The van der Waals surface area contributed by atoms with Gasteiger partial charge in [-0.15, -0.1) is 0 Å². The molecule has 0 fully saturated rings. The van der Waals surface area contributed by atoms with Crippen LogP contribution in [0.2, 0.25) is 15.1 Å². The molecule has 6 heteroatoms. The molecule has 2 aromatic rings. The van der Waals surface area contributed by atoms with Gasteiger partial charge in [-0.1, -0.05) is 34.8 Å². The minimum Gasteiger partial charge on any atom is -0.493 e. The van der Waals surface area contributed by atoms with Gasteiger partial charge in [0.05, 0.1) is 28.3 Å². The van der Waals surface area contributed by atoms with Gasteiger partial charge in [0.2, 0.25) is 0 Å². The van der Waals surface area contributed by atoms with Crippen LogP contribution in [-0.4, -0.2) is 13.2 Å². The Morgan fingerprint density at radius 3 is 2.35 bits per heavy atom. The van der Waals surface area contributed by atoms with Crippen LogP contribution in [0.1, 0.15) is 19.4 Å². The van der Waals surface area contributed by atoms with Crippen molar-refractivity contribution in [3.05, 3.63) is 51.0 Å². The summed E-state index contributed by atoms with van der Waals surface area (Å²) in [6.07, 6.45) is 0.0154. The first kappa shape index (κ1) is 18.1. The van der Waals surface area contributed by atoms with Gasteiger partial charge in [-0.25, -0.2) is 0 Å². The minimum atomic E-state index is 0.0154. The molecule has 0 aromatic heterocycles. The monoisotopic (exact) mass is 373 g/mol. The summed E-state index contributed by atoms with van der Waals surface area (Å²) in [6, 6.07) is 9.14.